The highest BCUT2D eigenvalue weighted by Gasteiger charge is 2.14. The maximum Gasteiger partial charge on any atom is 0.248 e. The number of carbonyl (C=O) groups is 1. The lowest BCUT2D eigenvalue weighted by Gasteiger charge is -2.10. The first kappa shape index (κ1) is 12.1. The molecule has 1 amide bonds. The molecule has 1 unspecified atom stereocenters. The zero-order valence-corrected chi connectivity index (χ0v) is 9.82. The van der Waals surface area contributed by atoms with Crippen LogP contribution in [0.15, 0.2) is 24.3 Å². The molecule has 1 heterocycles. The van der Waals surface area contributed by atoms with Crippen molar-refractivity contribution in [1.82, 2.24) is 5.32 Å². The minimum absolute atomic E-state index is 0.361. The zero-order valence-electron chi connectivity index (χ0n) is 9.82. The minimum atomic E-state index is -0.385. The Morgan fingerprint density at radius 2 is 2.18 bits per heavy atom. The predicted molar refractivity (Wildman–Crippen MR) is 65.6 cm³/mol. The van der Waals surface area contributed by atoms with Crippen molar-refractivity contribution < 1.29 is 9.53 Å². The summed E-state index contributed by atoms with van der Waals surface area (Å²) < 4.78 is 5.52. The summed E-state index contributed by atoms with van der Waals surface area (Å²) in [7, 11) is 0. The summed E-state index contributed by atoms with van der Waals surface area (Å²) >= 11 is 0. The molecule has 1 atom stereocenters. The second kappa shape index (κ2) is 5.80. The number of benzene rings is 1. The molecular weight excluding hydrogens is 216 g/mol. The first-order chi connectivity index (χ1) is 8.25. The monoisotopic (exact) mass is 234 g/mol. The van der Waals surface area contributed by atoms with Gasteiger partial charge in [0.1, 0.15) is 0 Å². The predicted octanol–water partition coefficient (Wildman–Crippen LogP) is 1.05. The Kier molecular flexibility index (Phi) is 4.12. The largest absolute Gasteiger partial charge is 0.377 e. The number of amides is 1. The summed E-state index contributed by atoms with van der Waals surface area (Å²) in [5, 5.41) is 3.35. The van der Waals surface area contributed by atoms with E-state index < -0.39 is 0 Å². The lowest BCUT2D eigenvalue weighted by molar-refractivity contribution is 0.100. The molecule has 0 bridgehead atoms. The average molecular weight is 234 g/mol. The van der Waals surface area contributed by atoms with Gasteiger partial charge in [0.05, 0.1) is 6.10 Å². The summed E-state index contributed by atoms with van der Waals surface area (Å²) in [6.45, 7) is 2.57. The number of carbonyl (C=O) groups excluding carboxylic acids is 1. The van der Waals surface area contributed by atoms with E-state index in [4.69, 9.17) is 10.5 Å². The molecule has 0 radical (unpaired) electrons. The van der Waals surface area contributed by atoms with Gasteiger partial charge in [-0.15, -0.1) is 0 Å². The van der Waals surface area contributed by atoms with Crippen molar-refractivity contribution >= 4 is 5.91 Å². The van der Waals surface area contributed by atoms with Crippen molar-refractivity contribution in [3.05, 3.63) is 35.4 Å². The SMILES string of the molecule is NC(=O)c1ccc(CNCC2CCCO2)cc1. The number of hydrogen-bond acceptors (Lipinski definition) is 3. The smallest absolute Gasteiger partial charge is 0.248 e. The first-order valence-electron chi connectivity index (χ1n) is 5.97. The molecule has 0 aromatic heterocycles. The van der Waals surface area contributed by atoms with Crippen LogP contribution < -0.4 is 11.1 Å². The lowest BCUT2D eigenvalue weighted by Crippen LogP contribution is -2.25. The minimum Gasteiger partial charge on any atom is -0.377 e. The van der Waals surface area contributed by atoms with Crippen LogP contribution in [0.5, 0.6) is 0 Å². The van der Waals surface area contributed by atoms with E-state index in [1.807, 2.05) is 12.1 Å². The van der Waals surface area contributed by atoms with Crippen LogP contribution in [0, 0.1) is 0 Å². The third-order valence-corrected chi connectivity index (χ3v) is 2.96. The van der Waals surface area contributed by atoms with Crippen LogP contribution in [0.25, 0.3) is 0 Å². The van der Waals surface area contributed by atoms with Crippen molar-refractivity contribution in [2.45, 2.75) is 25.5 Å². The van der Waals surface area contributed by atoms with Crippen molar-refractivity contribution in [1.29, 1.82) is 0 Å². The van der Waals surface area contributed by atoms with Crippen LogP contribution >= 0.6 is 0 Å². The molecule has 1 aromatic carbocycles. The van der Waals surface area contributed by atoms with Crippen LogP contribution in [0.3, 0.4) is 0 Å². The van der Waals surface area contributed by atoms with Gasteiger partial charge in [0, 0.05) is 25.3 Å². The Labute approximate surface area is 101 Å². The molecule has 92 valence electrons. The quantitative estimate of drug-likeness (QED) is 0.800. The fourth-order valence-corrected chi connectivity index (χ4v) is 1.97. The topological polar surface area (TPSA) is 64.4 Å². The van der Waals surface area contributed by atoms with Gasteiger partial charge < -0.3 is 15.8 Å². The van der Waals surface area contributed by atoms with Gasteiger partial charge in [-0.1, -0.05) is 12.1 Å². The standard InChI is InChI=1S/C13H18N2O2/c14-13(16)11-5-3-10(4-6-11)8-15-9-12-2-1-7-17-12/h3-6,12,15H,1-2,7-9H2,(H2,14,16). The first-order valence-corrected chi connectivity index (χ1v) is 5.97. The van der Waals surface area contributed by atoms with Crippen molar-refractivity contribution in [2.75, 3.05) is 13.2 Å². The molecule has 4 heteroatoms. The summed E-state index contributed by atoms with van der Waals surface area (Å²) in [6.07, 6.45) is 2.67. The molecule has 1 aliphatic rings. The number of nitrogens with two attached hydrogens (primary N) is 1. The highest BCUT2D eigenvalue weighted by molar-refractivity contribution is 5.92. The second-order valence-corrected chi connectivity index (χ2v) is 4.33. The third kappa shape index (κ3) is 3.54. The maximum atomic E-state index is 10.9. The fraction of sp³-hybridized carbons (Fsp3) is 0.462. The number of rotatable bonds is 5. The molecular formula is C13H18N2O2. The van der Waals surface area contributed by atoms with E-state index in [1.165, 1.54) is 6.42 Å². The Morgan fingerprint density at radius 1 is 1.41 bits per heavy atom. The number of hydrogen-bond donors (Lipinski definition) is 2. The summed E-state index contributed by atoms with van der Waals surface area (Å²) in [5.41, 5.74) is 6.87. The summed E-state index contributed by atoms with van der Waals surface area (Å²) in [6, 6.07) is 7.35. The van der Waals surface area contributed by atoms with E-state index in [1.54, 1.807) is 12.1 Å². The third-order valence-electron chi connectivity index (χ3n) is 2.96. The molecule has 4 nitrogen and oxygen atoms in total. The fourth-order valence-electron chi connectivity index (χ4n) is 1.97. The van der Waals surface area contributed by atoms with Crippen LogP contribution in [0.1, 0.15) is 28.8 Å². The molecule has 1 saturated heterocycles. The highest BCUT2D eigenvalue weighted by Crippen LogP contribution is 2.11. The van der Waals surface area contributed by atoms with E-state index in [2.05, 4.69) is 5.32 Å². The normalized spacial score (nSPS) is 19.4. The molecule has 17 heavy (non-hydrogen) atoms. The van der Waals surface area contributed by atoms with Crippen molar-refractivity contribution in [3.8, 4) is 0 Å². The van der Waals surface area contributed by atoms with E-state index in [0.717, 1.165) is 31.7 Å². The zero-order chi connectivity index (χ0) is 12.1. The van der Waals surface area contributed by atoms with Crippen LogP contribution in [-0.4, -0.2) is 25.2 Å². The Bertz CT molecular complexity index is 370. The van der Waals surface area contributed by atoms with Crippen LogP contribution in [-0.2, 0) is 11.3 Å². The molecule has 3 N–H and O–H groups in total. The number of primary amides is 1. The maximum absolute atomic E-state index is 10.9. The molecule has 0 aliphatic carbocycles. The van der Waals surface area contributed by atoms with Gasteiger partial charge in [0.15, 0.2) is 0 Å². The van der Waals surface area contributed by atoms with Crippen molar-refractivity contribution in [2.24, 2.45) is 5.73 Å². The van der Waals surface area contributed by atoms with Crippen LogP contribution in [0.4, 0.5) is 0 Å². The molecule has 1 aliphatic heterocycles. The number of ether oxygens (including phenoxy) is 1. The Hall–Kier alpha value is -1.39. The van der Waals surface area contributed by atoms with Gasteiger partial charge >= 0.3 is 0 Å². The second-order valence-electron chi connectivity index (χ2n) is 4.33. The number of nitrogens with one attached hydrogen (secondary N) is 1. The molecule has 1 fully saturated rings. The lowest BCUT2D eigenvalue weighted by atomic mass is 10.1. The van der Waals surface area contributed by atoms with E-state index >= 15 is 0 Å². The van der Waals surface area contributed by atoms with Gasteiger partial charge in [-0.25, -0.2) is 0 Å². The Balaban J connectivity index is 1.76. The summed E-state index contributed by atoms with van der Waals surface area (Å²) in [4.78, 5) is 10.9. The van der Waals surface area contributed by atoms with Gasteiger partial charge in [-0.2, -0.15) is 0 Å². The summed E-state index contributed by atoms with van der Waals surface area (Å²) in [5.74, 6) is -0.385. The van der Waals surface area contributed by atoms with Gasteiger partial charge in [0.2, 0.25) is 5.91 Å². The van der Waals surface area contributed by atoms with E-state index in [-0.39, 0.29) is 5.91 Å². The highest BCUT2D eigenvalue weighted by atomic mass is 16.5. The van der Waals surface area contributed by atoms with E-state index in [0.29, 0.717) is 11.7 Å². The molecule has 0 saturated carbocycles. The van der Waals surface area contributed by atoms with Crippen LogP contribution in [0.2, 0.25) is 0 Å². The van der Waals surface area contributed by atoms with Gasteiger partial charge in [-0.3, -0.25) is 4.79 Å². The van der Waals surface area contributed by atoms with Gasteiger partial charge in [0.25, 0.3) is 0 Å². The van der Waals surface area contributed by atoms with E-state index in [9.17, 15) is 4.79 Å². The Morgan fingerprint density at radius 3 is 2.76 bits per heavy atom. The molecule has 0 spiro atoms. The molecule has 2 rings (SSSR count). The molecule has 1 aromatic rings. The average Bonchev–Trinajstić information content (AvgIpc) is 2.83. The van der Waals surface area contributed by atoms with Gasteiger partial charge in [-0.05, 0) is 30.5 Å². The van der Waals surface area contributed by atoms with Crippen molar-refractivity contribution in [3.63, 3.8) is 0 Å².